The summed E-state index contributed by atoms with van der Waals surface area (Å²) < 4.78 is 0. The third kappa shape index (κ3) is 5.22. The number of hydrogen-bond acceptors (Lipinski definition) is 2. The molecule has 0 aromatic carbocycles. The van der Waals surface area contributed by atoms with Gasteiger partial charge in [0.05, 0.1) is 0 Å². The Balaban J connectivity index is 3.48. The summed E-state index contributed by atoms with van der Waals surface area (Å²) in [6.07, 6.45) is 0.844. The first kappa shape index (κ1) is 10.9. The highest BCUT2D eigenvalue weighted by Gasteiger charge is 2.09. The zero-order valence-electron chi connectivity index (χ0n) is 8.09. The number of aliphatic hydroxyl groups excluding tert-OH is 1. The molecule has 0 saturated carbocycles. The van der Waals surface area contributed by atoms with Gasteiger partial charge >= 0.3 is 0 Å². The predicted octanol–water partition coefficient (Wildman–Crippen LogP) is 1.39. The largest absolute Gasteiger partial charge is 0.396 e. The first-order valence-electron chi connectivity index (χ1n) is 4.44. The van der Waals surface area contributed by atoms with Crippen molar-refractivity contribution in [2.75, 3.05) is 6.61 Å². The molecule has 0 fully saturated rings. The lowest BCUT2D eigenvalue weighted by atomic mass is 10.1. The van der Waals surface area contributed by atoms with E-state index in [2.05, 4.69) is 33.0 Å². The third-order valence-corrected chi connectivity index (χ3v) is 2.11. The molecule has 2 nitrogen and oxygen atoms in total. The molecular weight excluding hydrogens is 138 g/mol. The Bertz CT molecular complexity index is 93.6. The Labute approximate surface area is 70.0 Å². The van der Waals surface area contributed by atoms with Crippen LogP contribution in [0.15, 0.2) is 0 Å². The minimum absolute atomic E-state index is 0.277. The van der Waals surface area contributed by atoms with Crippen molar-refractivity contribution in [1.82, 2.24) is 5.32 Å². The van der Waals surface area contributed by atoms with Gasteiger partial charge in [-0.2, -0.15) is 0 Å². The molecule has 2 N–H and O–H groups in total. The van der Waals surface area contributed by atoms with Crippen LogP contribution >= 0.6 is 0 Å². The van der Waals surface area contributed by atoms with Crippen molar-refractivity contribution in [3.8, 4) is 0 Å². The molecule has 0 rings (SSSR count). The van der Waals surface area contributed by atoms with Crippen molar-refractivity contribution < 1.29 is 5.11 Å². The summed E-state index contributed by atoms with van der Waals surface area (Å²) in [4.78, 5) is 0. The van der Waals surface area contributed by atoms with E-state index in [1.807, 2.05) is 0 Å². The maximum atomic E-state index is 8.65. The van der Waals surface area contributed by atoms with E-state index in [0.717, 1.165) is 6.42 Å². The van der Waals surface area contributed by atoms with Crippen molar-refractivity contribution in [1.29, 1.82) is 0 Å². The van der Waals surface area contributed by atoms with Crippen LogP contribution in [0.1, 0.15) is 34.1 Å². The summed E-state index contributed by atoms with van der Waals surface area (Å²) in [5, 5.41) is 12.1. The summed E-state index contributed by atoms with van der Waals surface area (Å²) in [5.74, 6) is 0.663. The van der Waals surface area contributed by atoms with Crippen molar-refractivity contribution in [3.05, 3.63) is 0 Å². The molecule has 0 radical (unpaired) electrons. The smallest absolute Gasteiger partial charge is 0.0445 e. The van der Waals surface area contributed by atoms with Gasteiger partial charge in [0.25, 0.3) is 0 Å². The van der Waals surface area contributed by atoms with Crippen molar-refractivity contribution in [2.24, 2.45) is 5.92 Å². The molecule has 0 saturated heterocycles. The summed E-state index contributed by atoms with van der Waals surface area (Å²) >= 11 is 0. The molecule has 0 spiro atoms. The third-order valence-electron chi connectivity index (χ3n) is 2.11. The number of rotatable bonds is 5. The standard InChI is InChI=1S/C9H21NO/c1-7(2)9(4)10-8(3)5-6-11/h7-11H,5-6H2,1-4H3/t8-,9?/m1/s1. The van der Waals surface area contributed by atoms with Crippen LogP contribution < -0.4 is 5.32 Å². The van der Waals surface area contributed by atoms with Gasteiger partial charge in [-0.1, -0.05) is 13.8 Å². The molecule has 0 bridgehead atoms. The van der Waals surface area contributed by atoms with Gasteiger partial charge in [0.15, 0.2) is 0 Å². The Kier molecular flexibility index (Phi) is 5.51. The van der Waals surface area contributed by atoms with Gasteiger partial charge in [-0.25, -0.2) is 0 Å². The van der Waals surface area contributed by atoms with E-state index < -0.39 is 0 Å². The van der Waals surface area contributed by atoms with E-state index in [1.165, 1.54) is 0 Å². The number of hydrogen-bond donors (Lipinski definition) is 2. The Morgan fingerprint density at radius 1 is 1.18 bits per heavy atom. The Morgan fingerprint density at radius 2 is 1.73 bits per heavy atom. The van der Waals surface area contributed by atoms with Crippen molar-refractivity contribution >= 4 is 0 Å². The summed E-state index contributed by atoms with van der Waals surface area (Å²) in [5.41, 5.74) is 0. The minimum Gasteiger partial charge on any atom is -0.396 e. The average Bonchev–Trinajstić information content (AvgIpc) is 1.87. The van der Waals surface area contributed by atoms with E-state index >= 15 is 0 Å². The van der Waals surface area contributed by atoms with E-state index in [1.54, 1.807) is 0 Å². The molecule has 2 atom stereocenters. The van der Waals surface area contributed by atoms with Crippen molar-refractivity contribution in [2.45, 2.75) is 46.2 Å². The normalized spacial score (nSPS) is 16.9. The Morgan fingerprint density at radius 3 is 2.09 bits per heavy atom. The van der Waals surface area contributed by atoms with Crippen LogP contribution in [0.4, 0.5) is 0 Å². The van der Waals surface area contributed by atoms with Crippen LogP contribution in [0, 0.1) is 5.92 Å². The van der Waals surface area contributed by atoms with Gasteiger partial charge in [0, 0.05) is 18.7 Å². The van der Waals surface area contributed by atoms with Gasteiger partial charge in [-0.05, 0) is 26.2 Å². The highest BCUT2D eigenvalue weighted by Crippen LogP contribution is 2.02. The summed E-state index contributed by atoms with van der Waals surface area (Å²) in [7, 11) is 0. The summed E-state index contributed by atoms with van der Waals surface area (Å²) in [6, 6.07) is 0.967. The van der Waals surface area contributed by atoms with Crippen molar-refractivity contribution in [3.63, 3.8) is 0 Å². The lowest BCUT2D eigenvalue weighted by Crippen LogP contribution is -2.38. The van der Waals surface area contributed by atoms with Crippen LogP contribution in [0.2, 0.25) is 0 Å². The minimum atomic E-state index is 0.277. The predicted molar refractivity (Wildman–Crippen MR) is 48.6 cm³/mol. The summed E-state index contributed by atoms with van der Waals surface area (Å²) in [6.45, 7) is 8.96. The highest BCUT2D eigenvalue weighted by atomic mass is 16.3. The van der Waals surface area contributed by atoms with Crippen LogP contribution in [0.5, 0.6) is 0 Å². The fourth-order valence-corrected chi connectivity index (χ4v) is 0.918. The zero-order valence-corrected chi connectivity index (χ0v) is 8.09. The van der Waals surface area contributed by atoms with Crippen LogP contribution in [0.25, 0.3) is 0 Å². The fourth-order valence-electron chi connectivity index (χ4n) is 0.918. The molecule has 2 heteroatoms. The zero-order chi connectivity index (χ0) is 8.85. The second kappa shape index (κ2) is 5.56. The maximum Gasteiger partial charge on any atom is 0.0445 e. The van der Waals surface area contributed by atoms with E-state index in [0.29, 0.717) is 18.0 Å². The molecule has 0 heterocycles. The van der Waals surface area contributed by atoms with E-state index in [9.17, 15) is 0 Å². The molecule has 0 amide bonds. The number of aliphatic hydroxyl groups is 1. The van der Waals surface area contributed by atoms with E-state index in [4.69, 9.17) is 5.11 Å². The molecular formula is C9H21NO. The van der Waals surface area contributed by atoms with Crippen LogP contribution in [-0.2, 0) is 0 Å². The molecule has 11 heavy (non-hydrogen) atoms. The lowest BCUT2D eigenvalue weighted by molar-refractivity contribution is 0.258. The Hall–Kier alpha value is -0.0800. The fraction of sp³-hybridized carbons (Fsp3) is 1.00. The second-order valence-corrected chi connectivity index (χ2v) is 3.61. The molecule has 1 unspecified atom stereocenters. The first-order valence-corrected chi connectivity index (χ1v) is 4.44. The maximum absolute atomic E-state index is 8.65. The molecule has 0 aromatic heterocycles. The van der Waals surface area contributed by atoms with Gasteiger partial charge < -0.3 is 10.4 Å². The molecule has 68 valence electrons. The quantitative estimate of drug-likeness (QED) is 0.635. The van der Waals surface area contributed by atoms with Gasteiger partial charge in [-0.15, -0.1) is 0 Å². The first-order chi connectivity index (χ1) is 5.07. The molecule has 0 aliphatic heterocycles. The molecule has 0 aromatic rings. The topological polar surface area (TPSA) is 32.3 Å². The second-order valence-electron chi connectivity index (χ2n) is 3.61. The average molecular weight is 159 g/mol. The molecule has 0 aliphatic rings. The monoisotopic (exact) mass is 159 g/mol. The van der Waals surface area contributed by atoms with Gasteiger partial charge in [-0.3, -0.25) is 0 Å². The van der Waals surface area contributed by atoms with Crippen LogP contribution in [0.3, 0.4) is 0 Å². The highest BCUT2D eigenvalue weighted by molar-refractivity contribution is 4.69. The van der Waals surface area contributed by atoms with Crippen LogP contribution in [-0.4, -0.2) is 23.8 Å². The van der Waals surface area contributed by atoms with Gasteiger partial charge in [0.1, 0.15) is 0 Å². The lowest BCUT2D eigenvalue weighted by Gasteiger charge is -2.22. The number of nitrogens with one attached hydrogen (secondary N) is 1. The molecule has 0 aliphatic carbocycles. The van der Waals surface area contributed by atoms with Gasteiger partial charge in [0.2, 0.25) is 0 Å². The van der Waals surface area contributed by atoms with E-state index in [-0.39, 0.29) is 6.61 Å². The SMILES string of the molecule is CC(C)C(C)N[C@H](C)CCO.